The quantitative estimate of drug-likeness (QED) is 0.328. The molecule has 0 aliphatic carbocycles. The number of urea groups is 1. The monoisotopic (exact) mass is 537 g/mol. The molecule has 3 aromatic carbocycles. The molecule has 2 N–H and O–H groups in total. The molecule has 0 aromatic heterocycles. The second-order valence-corrected chi connectivity index (χ2v) is 9.08. The van der Waals surface area contributed by atoms with Crippen molar-refractivity contribution in [1.82, 2.24) is 5.32 Å². The Morgan fingerprint density at radius 2 is 1.76 bits per heavy atom. The first-order chi connectivity index (χ1) is 17.6. The van der Waals surface area contributed by atoms with Crippen molar-refractivity contribution >= 4 is 64.4 Å². The van der Waals surface area contributed by atoms with Gasteiger partial charge in [-0.25, -0.2) is 9.69 Å². The van der Waals surface area contributed by atoms with E-state index >= 15 is 0 Å². The summed E-state index contributed by atoms with van der Waals surface area (Å²) < 4.78 is 5.59. The maximum absolute atomic E-state index is 13.1. The molecule has 188 valence electrons. The number of ether oxygens (including phenoxy) is 1. The lowest BCUT2D eigenvalue weighted by Gasteiger charge is -2.26. The van der Waals surface area contributed by atoms with Crippen LogP contribution < -0.4 is 20.3 Å². The van der Waals surface area contributed by atoms with Gasteiger partial charge in [0.15, 0.2) is 6.61 Å². The van der Waals surface area contributed by atoms with Crippen LogP contribution in [0.1, 0.15) is 16.7 Å². The summed E-state index contributed by atoms with van der Waals surface area (Å²) in [6, 6.07) is 15.4. The molecule has 0 bridgehead atoms. The molecule has 3 aromatic rings. The number of aryl methyl sites for hydroxylation is 2. The van der Waals surface area contributed by atoms with Gasteiger partial charge in [0.2, 0.25) is 0 Å². The Hall–Kier alpha value is -4.14. The third-order valence-corrected chi connectivity index (χ3v) is 6.33. The summed E-state index contributed by atoms with van der Waals surface area (Å²) in [7, 11) is 0. The minimum Gasteiger partial charge on any atom is -0.484 e. The highest BCUT2D eigenvalue weighted by atomic mass is 35.5. The molecule has 1 saturated heterocycles. The van der Waals surface area contributed by atoms with Gasteiger partial charge in [-0.05, 0) is 79.1 Å². The van der Waals surface area contributed by atoms with E-state index in [1.807, 2.05) is 32.0 Å². The number of carbonyl (C=O) groups is 4. The summed E-state index contributed by atoms with van der Waals surface area (Å²) in [6.07, 6.45) is 1.33. The molecule has 1 heterocycles. The Morgan fingerprint density at radius 1 is 0.973 bits per heavy atom. The Kier molecular flexibility index (Phi) is 7.61. The molecule has 0 spiro atoms. The van der Waals surface area contributed by atoms with Gasteiger partial charge in [-0.2, -0.15) is 0 Å². The van der Waals surface area contributed by atoms with E-state index in [1.165, 1.54) is 24.3 Å². The number of nitrogens with one attached hydrogen (secondary N) is 2. The first-order valence-corrected chi connectivity index (χ1v) is 11.8. The average molecular weight is 538 g/mol. The Labute approximate surface area is 222 Å². The third kappa shape index (κ3) is 5.99. The van der Waals surface area contributed by atoms with E-state index in [4.69, 9.17) is 27.9 Å². The van der Waals surface area contributed by atoms with Gasteiger partial charge in [0.25, 0.3) is 17.7 Å². The lowest BCUT2D eigenvalue weighted by atomic mass is 10.1. The van der Waals surface area contributed by atoms with Crippen LogP contribution in [0.4, 0.5) is 16.2 Å². The summed E-state index contributed by atoms with van der Waals surface area (Å²) in [5, 5.41) is 5.32. The maximum Gasteiger partial charge on any atom is 0.335 e. The van der Waals surface area contributed by atoms with Crippen LogP contribution in [-0.2, 0) is 14.4 Å². The predicted molar refractivity (Wildman–Crippen MR) is 142 cm³/mol. The SMILES string of the molecule is Cc1ccc(NC(=O)COc2cccc(/C=C3/C(=O)NC(=O)N(c4ccc(Cl)c(Cl)c4)C3=O)c2)cc1C. The minimum atomic E-state index is -0.905. The van der Waals surface area contributed by atoms with Crippen LogP contribution in [0.5, 0.6) is 5.75 Å². The van der Waals surface area contributed by atoms with Crippen LogP contribution in [-0.4, -0.2) is 30.4 Å². The van der Waals surface area contributed by atoms with Gasteiger partial charge in [0.1, 0.15) is 11.3 Å². The van der Waals surface area contributed by atoms with E-state index in [9.17, 15) is 19.2 Å². The summed E-state index contributed by atoms with van der Waals surface area (Å²) >= 11 is 12.0. The molecule has 1 fully saturated rings. The van der Waals surface area contributed by atoms with Gasteiger partial charge < -0.3 is 10.1 Å². The number of anilines is 2. The predicted octanol–water partition coefficient (Wildman–Crippen LogP) is 5.29. The number of hydrogen-bond acceptors (Lipinski definition) is 5. The van der Waals surface area contributed by atoms with E-state index in [1.54, 1.807) is 24.3 Å². The van der Waals surface area contributed by atoms with Gasteiger partial charge in [0, 0.05) is 5.69 Å². The van der Waals surface area contributed by atoms with E-state index in [0.29, 0.717) is 17.0 Å². The minimum absolute atomic E-state index is 0.147. The molecule has 1 aliphatic heterocycles. The van der Waals surface area contributed by atoms with E-state index in [2.05, 4.69) is 10.6 Å². The molecule has 0 atom stereocenters. The number of rotatable bonds is 6. The largest absolute Gasteiger partial charge is 0.484 e. The fourth-order valence-electron chi connectivity index (χ4n) is 3.54. The Morgan fingerprint density at radius 3 is 2.49 bits per heavy atom. The highest BCUT2D eigenvalue weighted by Gasteiger charge is 2.37. The zero-order valence-corrected chi connectivity index (χ0v) is 21.3. The first-order valence-electron chi connectivity index (χ1n) is 11.1. The third-order valence-electron chi connectivity index (χ3n) is 5.59. The number of hydrogen-bond donors (Lipinski definition) is 2. The van der Waals surface area contributed by atoms with Crippen molar-refractivity contribution in [2.24, 2.45) is 0 Å². The van der Waals surface area contributed by atoms with Crippen molar-refractivity contribution in [2.75, 3.05) is 16.8 Å². The smallest absolute Gasteiger partial charge is 0.335 e. The standard InChI is InChI=1S/C27H21Cl2N3O5/c1-15-6-7-18(10-16(15)2)30-24(33)14-37-20-5-3-4-17(11-20)12-21-25(34)31-27(36)32(26(21)35)19-8-9-22(28)23(29)13-19/h3-13H,14H2,1-2H3,(H,30,33)(H,31,34,36)/b21-12-. The van der Waals surface area contributed by atoms with Crippen LogP contribution in [0.15, 0.2) is 66.2 Å². The summed E-state index contributed by atoms with van der Waals surface area (Å²) in [5.74, 6) is -1.66. The average Bonchev–Trinajstić information content (AvgIpc) is 2.85. The molecule has 37 heavy (non-hydrogen) atoms. The number of benzene rings is 3. The van der Waals surface area contributed by atoms with Crippen molar-refractivity contribution < 1.29 is 23.9 Å². The van der Waals surface area contributed by atoms with Crippen LogP contribution in [0.25, 0.3) is 6.08 Å². The van der Waals surface area contributed by atoms with E-state index in [-0.39, 0.29) is 33.8 Å². The molecular weight excluding hydrogens is 517 g/mol. The number of barbiturate groups is 1. The topological polar surface area (TPSA) is 105 Å². The van der Waals surface area contributed by atoms with Crippen LogP contribution in [0.3, 0.4) is 0 Å². The van der Waals surface area contributed by atoms with Crippen molar-refractivity contribution in [2.45, 2.75) is 13.8 Å². The van der Waals surface area contributed by atoms with Crippen LogP contribution in [0, 0.1) is 13.8 Å². The Balaban J connectivity index is 1.49. The number of nitrogens with zero attached hydrogens (tertiary/aromatic N) is 1. The van der Waals surface area contributed by atoms with E-state index in [0.717, 1.165) is 16.0 Å². The summed E-state index contributed by atoms with van der Waals surface area (Å²) in [5.41, 5.74) is 3.18. The normalized spacial score (nSPS) is 14.5. The number of halogens is 2. The zero-order chi connectivity index (χ0) is 26.7. The second-order valence-electron chi connectivity index (χ2n) is 8.26. The molecule has 5 amide bonds. The van der Waals surface area contributed by atoms with E-state index < -0.39 is 17.8 Å². The van der Waals surface area contributed by atoms with Gasteiger partial charge in [-0.1, -0.05) is 41.4 Å². The molecule has 8 nitrogen and oxygen atoms in total. The number of carbonyl (C=O) groups excluding carboxylic acids is 4. The fourth-order valence-corrected chi connectivity index (χ4v) is 3.83. The van der Waals surface area contributed by atoms with Crippen molar-refractivity contribution in [3.8, 4) is 5.75 Å². The maximum atomic E-state index is 13.1. The molecular formula is C27H21Cl2N3O5. The Bertz CT molecular complexity index is 1470. The highest BCUT2D eigenvalue weighted by molar-refractivity contribution is 6.43. The lowest BCUT2D eigenvalue weighted by molar-refractivity contribution is -0.122. The summed E-state index contributed by atoms with van der Waals surface area (Å²) in [6.45, 7) is 3.70. The first kappa shape index (κ1) is 25.9. The fraction of sp³-hybridized carbons (Fsp3) is 0.111. The molecule has 0 radical (unpaired) electrons. The molecule has 0 saturated carbocycles. The zero-order valence-electron chi connectivity index (χ0n) is 19.8. The van der Waals surface area contributed by atoms with Gasteiger partial charge >= 0.3 is 6.03 Å². The van der Waals surface area contributed by atoms with Gasteiger partial charge in [-0.3, -0.25) is 19.7 Å². The van der Waals surface area contributed by atoms with Crippen LogP contribution >= 0.6 is 23.2 Å². The molecule has 0 unspecified atom stereocenters. The molecule has 4 rings (SSSR count). The highest BCUT2D eigenvalue weighted by Crippen LogP contribution is 2.29. The number of imide groups is 2. The van der Waals surface area contributed by atoms with Gasteiger partial charge in [0.05, 0.1) is 15.7 Å². The number of amides is 5. The van der Waals surface area contributed by atoms with Crippen LogP contribution in [0.2, 0.25) is 10.0 Å². The second kappa shape index (κ2) is 10.9. The van der Waals surface area contributed by atoms with Crippen molar-refractivity contribution in [3.05, 3.63) is 93.0 Å². The van der Waals surface area contributed by atoms with Crippen molar-refractivity contribution in [3.63, 3.8) is 0 Å². The molecule has 10 heteroatoms. The summed E-state index contributed by atoms with van der Waals surface area (Å²) in [4.78, 5) is 51.0. The molecule has 1 aliphatic rings. The van der Waals surface area contributed by atoms with Crippen molar-refractivity contribution in [1.29, 1.82) is 0 Å². The lowest BCUT2D eigenvalue weighted by Crippen LogP contribution is -2.54. The van der Waals surface area contributed by atoms with Gasteiger partial charge in [-0.15, -0.1) is 0 Å².